The van der Waals surface area contributed by atoms with Gasteiger partial charge in [0.25, 0.3) is 0 Å². The molecule has 68 heavy (non-hydrogen) atoms. The van der Waals surface area contributed by atoms with Crippen molar-refractivity contribution in [2.45, 2.75) is 281 Å². The molecule has 6 unspecified atom stereocenters. The molecule has 0 saturated heterocycles. The van der Waals surface area contributed by atoms with Gasteiger partial charge in [0, 0.05) is 12.8 Å². The molecule has 0 heterocycles. The predicted octanol–water partition coefficient (Wildman–Crippen LogP) is 12.1. The number of ether oxygens (including phenoxy) is 2. The molecule has 398 valence electrons. The van der Waals surface area contributed by atoms with Gasteiger partial charge in [0.15, 0.2) is 6.10 Å². The summed E-state index contributed by atoms with van der Waals surface area (Å²) in [7, 11) is -5.13. The smallest absolute Gasteiger partial charge is 0.462 e. The van der Waals surface area contributed by atoms with Crippen LogP contribution in [0.3, 0.4) is 0 Å². The highest BCUT2D eigenvalue weighted by atomic mass is 31.2. The average Bonchev–Trinajstić information content (AvgIpc) is 3.32. The van der Waals surface area contributed by atoms with Gasteiger partial charge in [0.2, 0.25) is 0 Å². The topological polar surface area (TPSA) is 210 Å². The number of carbonyl (C=O) groups excluding carboxylic acids is 2. The van der Waals surface area contributed by atoms with Crippen molar-refractivity contribution in [1.82, 2.24) is 0 Å². The molecular formula is C54H99O13P. The minimum atomic E-state index is -5.13. The number of phosphoric acid groups is 1. The van der Waals surface area contributed by atoms with Crippen molar-refractivity contribution in [2.75, 3.05) is 13.2 Å². The van der Waals surface area contributed by atoms with Gasteiger partial charge in [-0.05, 0) is 70.6 Å². The molecule has 1 aliphatic rings. The van der Waals surface area contributed by atoms with Crippen molar-refractivity contribution in [3.05, 3.63) is 36.5 Å². The molecule has 6 atom stereocenters. The summed E-state index contributed by atoms with van der Waals surface area (Å²) in [5.41, 5.74) is 0. The number of allylic oxidation sites excluding steroid dienone is 6. The van der Waals surface area contributed by atoms with E-state index in [2.05, 4.69) is 50.3 Å². The van der Waals surface area contributed by atoms with Gasteiger partial charge < -0.3 is 39.9 Å². The summed E-state index contributed by atoms with van der Waals surface area (Å²) in [4.78, 5) is 35.9. The molecule has 13 nitrogen and oxygen atoms in total. The lowest BCUT2D eigenvalue weighted by Gasteiger charge is -2.41. The number of hydrogen-bond donors (Lipinski definition) is 6. The van der Waals surface area contributed by atoms with E-state index < -0.39 is 75.7 Å². The van der Waals surface area contributed by atoms with E-state index in [1.807, 2.05) is 0 Å². The van der Waals surface area contributed by atoms with Gasteiger partial charge in [-0.1, -0.05) is 192 Å². The monoisotopic (exact) mass is 987 g/mol. The normalized spacial score (nSPS) is 21.2. The first-order chi connectivity index (χ1) is 32.9. The zero-order chi connectivity index (χ0) is 49.9. The minimum absolute atomic E-state index is 0.0936. The molecule has 6 N–H and O–H groups in total. The van der Waals surface area contributed by atoms with E-state index in [9.17, 15) is 44.6 Å². The summed E-state index contributed by atoms with van der Waals surface area (Å²) in [5, 5.41) is 50.3. The zero-order valence-electron chi connectivity index (χ0n) is 42.7. The van der Waals surface area contributed by atoms with Crippen LogP contribution in [0.15, 0.2) is 36.5 Å². The van der Waals surface area contributed by atoms with E-state index in [0.717, 1.165) is 77.0 Å². The Kier molecular flexibility index (Phi) is 41.3. The highest BCUT2D eigenvalue weighted by molar-refractivity contribution is 7.47. The van der Waals surface area contributed by atoms with Crippen LogP contribution in [-0.4, -0.2) is 98.3 Å². The van der Waals surface area contributed by atoms with Gasteiger partial charge in [-0.25, -0.2) is 4.57 Å². The predicted molar refractivity (Wildman–Crippen MR) is 272 cm³/mol. The van der Waals surface area contributed by atoms with Gasteiger partial charge in [-0.15, -0.1) is 0 Å². The second-order valence-corrected chi connectivity index (χ2v) is 20.5. The van der Waals surface area contributed by atoms with E-state index in [-0.39, 0.29) is 12.8 Å². The fraction of sp³-hybridized carbons (Fsp3) is 0.852. The highest BCUT2D eigenvalue weighted by Gasteiger charge is 2.51. The first-order valence-electron chi connectivity index (χ1n) is 27.3. The Balaban J connectivity index is 2.36. The lowest BCUT2D eigenvalue weighted by atomic mass is 9.85. The molecule has 14 heteroatoms. The largest absolute Gasteiger partial charge is 0.472 e. The molecule has 0 bridgehead atoms. The lowest BCUT2D eigenvalue weighted by molar-refractivity contribution is -0.220. The van der Waals surface area contributed by atoms with Crippen LogP contribution in [0.25, 0.3) is 0 Å². The van der Waals surface area contributed by atoms with Crippen LogP contribution in [0, 0.1) is 0 Å². The maximum Gasteiger partial charge on any atom is 0.472 e. The third kappa shape index (κ3) is 35.2. The van der Waals surface area contributed by atoms with E-state index in [1.54, 1.807) is 0 Å². The van der Waals surface area contributed by atoms with Crippen molar-refractivity contribution in [2.24, 2.45) is 0 Å². The van der Waals surface area contributed by atoms with Crippen molar-refractivity contribution in [3.63, 3.8) is 0 Å². The minimum Gasteiger partial charge on any atom is -0.462 e. The summed E-state index contributed by atoms with van der Waals surface area (Å²) >= 11 is 0. The summed E-state index contributed by atoms with van der Waals surface area (Å²) in [5.74, 6) is -1.10. The Hall–Kier alpha value is -1.93. The van der Waals surface area contributed by atoms with Crippen LogP contribution >= 0.6 is 7.82 Å². The quantitative estimate of drug-likeness (QED) is 0.0145. The fourth-order valence-corrected chi connectivity index (χ4v) is 9.29. The van der Waals surface area contributed by atoms with E-state index in [1.165, 1.54) is 122 Å². The molecule has 1 saturated carbocycles. The zero-order valence-corrected chi connectivity index (χ0v) is 43.6. The average molecular weight is 987 g/mol. The van der Waals surface area contributed by atoms with Gasteiger partial charge in [0.1, 0.15) is 43.2 Å². The van der Waals surface area contributed by atoms with Crippen LogP contribution in [0.2, 0.25) is 0 Å². The molecule has 0 aliphatic heterocycles. The van der Waals surface area contributed by atoms with Crippen LogP contribution in [-0.2, 0) is 32.7 Å². The number of aliphatic hydroxyl groups is 5. The lowest BCUT2D eigenvalue weighted by Crippen LogP contribution is -2.64. The maximum atomic E-state index is 12.9. The van der Waals surface area contributed by atoms with Gasteiger partial charge in [0.05, 0.1) is 6.61 Å². The van der Waals surface area contributed by atoms with E-state index in [0.29, 0.717) is 12.8 Å². The Bertz CT molecular complexity index is 1330. The summed E-state index contributed by atoms with van der Waals surface area (Å²) < 4.78 is 33.7. The molecule has 0 aromatic carbocycles. The number of phosphoric ester groups is 1. The summed E-state index contributed by atoms with van der Waals surface area (Å²) in [6.45, 7) is 3.31. The number of unbranched alkanes of at least 4 members (excludes halogenated alkanes) is 28. The number of carbonyl (C=O) groups is 2. The molecule has 0 spiro atoms. The van der Waals surface area contributed by atoms with Gasteiger partial charge in [-0.2, -0.15) is 0 Å². The van der Waals surface area contributed by atoms with Gasteiger partial charge in [-0.3, -0.25) is 18.6 Å². The third-order valence-corrected chi connectivity index (χ3v) is 13.7. The molecule has 0 amide bonds. The third-order valence-electron chi connectivity index (χ3n) is 12.7. The number of rotatable bonds is 46. The number of hydrogen-bond acceptors (Lipinski definition) is 12. The van der Waals surface area contributed by atoms with E-state index in [4.69, 9.17) is 18.5 Å². The second-order valence-electron chi connectivity index (χ2n) is 19.1. The SMILES string of the molecule is CCCCCCC/C=C\C/C=C\CCCCCCCCCCCCCC(=O)OC(COC(=O)CCCCCCC/C=C\CCCCCCCCC)COP(=O)(O)OC1C(O)C(O)C(O)C(O)C1O. The van der Waals surface area contributed by atoms with Crippen LogP contribution in [0.5, 0.6) is 0 Å². The van der Waals surface area contributed by atoms with Crippen molar-refractivity contribution in [1.29, 1.82) is 0 Å². The Morgan fingerprint density at radius 1 is 0.456 bits per heavy atom. The Morgan fingerprint density at radius 2 is 0.794 bits per heavy atom. The second kappa shape index (κ2) is 43.8. The Labute approximate surface area is 412 Å². The molecule has 0 aromatic rings. The molecule has 1 rings (SSSR count). The van der Waals surface area contributed by atoms with Crippen LogP contribution in [0.1, 0.15) is 239 Å². The van der Waals surface area contributed by atoms with Crippen molar-refractivity contribution in [3.8, 4) is 0 Å². The van der Waals surface area contributed by atoms with Crippen molar-refractivity contribution < 1.29 is 63.1 Å². The highest BCUT2D eigenvalue weighted by Crippen LogP contribution is 2.47. The van der Waals surface area contributed by atoms with Crippen molar-refractivity contribution >= 4 is 19.8 Å². The van der Waals surface area contributed by atoms with Crippen LogP contribution in [0.4, 0.5) is 0 Å². The molecular weight excluding hydrogens is 888 g/mol. The first-order valence-corrected chi connectivity index (χ1v) is 28.8. The Morgan fingerprint density at radius 3 is 1.21 bits per heavy atom. The fourth-order valence-electron chi connectivity index (χ4n) is 8.31. The molecule has 0 radical (unpaired) electrons. The standard InChI is InChI=1S/C54H99O13P/c1-3-5-7-9-11-13-15-17-19-21-22-23-24-25-26-27-29-31-33-35-37-39-41-43-48(56)66-46(45-65-68(62,63)67-54-52(60)50(58)49(57)51(59)53(54)61)44-64-47(55)42-40-38-36-34-32-30-28-20-18-16-14-12-10-8-6-4-2/h15,17,20-22,28,46,49-54,57-61H,3-14,16,18-19,23-27,29-45H2,1-2H3,(H,62,63)/b17-15-,22-21-,28-20-. The van der Waals surface area contributed by atoms with Crippen LogP contribution < -0.4 is 0 Å². The molecule has 1 fully saturated rings. The molecule has 1 aliphatic carbocycles. The number of aliphatic hydroxyl groups excluding tert-OH is 5. The number of esters is 2. The molecule has 0 aromatic heterocycles. The summed E-state index contributed by atoms with van der Waals surface area (Å²) in [6, 6.07) is 0. The van der Waals surface area contributed by atoms with Gasteiger partial charge >= 0.3 is 19.8 Å². The summed E-state index contributed by atoms with van der Waals surface area (Å²) in [6.07, 6.45) is 39.0. The maximum absolute atomic E-state index is 12.9. The van der Waals surface area contributed by atoms with E-state index >= 15 is 0 Å². The first kappa shape index (κ1) is 64.1.